The minimum atomic E-state index is 0.750. The SMILES string of the molecule is C=CN1C=CN(CCCC)C1.N#CO. The van der Waals surface area contributed by atoms with Crippen LogP contribution in [0.25, 0.3) is 0 Å². The molecule has 0 aromatic carbocycles. The lowest BCUT2D eigenvalue weighted by Gasteiger charge is -2.17. The van der Waals surface area contributed by atoms with Gasteiger partial charge in [-0.2, -0.15) is 5.26 Å². The van der Waals surface area contributed by atoms with E-state index in [2.05, 4.69) is 35.7 Å². The molecular formula is C10H17N3O. The summed E-state index contributed by atoms with van der Waals surface area (Å²) in [4.78, 5) is 4.38. The van der Waals surface area contributed by atoms with Gasteiger partial charge < -0.3 is 14.9 Å². The molecule has 14 heavy (non-hydrogen) atoms. The fraction of sp³-hybridized carbons (Fsp3) is 0.500. The maximum absolute atomic E-state index is 6.88. The largest absolute Gasteiger partial charge is 0.443 e. The van der Waals surface area contributed by atoms with E-state index in [0.29, 0.717) is 0 Å². The molecule has 1 aliphatic heterocycles. The molecule has 0 amide bonds. The van der Waals surface area contributed by atoms with Gasteiger partial charge >= 0.3 is 0 Å². The second kappa shape index (κ2) is 7.99. The van der Waals surface area contributed by atoms with E-state index in [9.17, 15) is 0 Å². The summed E-state index contributed by atoms with van der Waals surface area (Å²) in [7, 11) is 0. The van der Waals surface area contributed by atoms with Gasteiger partial charge in [0.05, 0.1) is 6.67 Å². The fourth-order valence-corrected chi connectivity index (χ4v) is 1.11. The number of aliphatic hydroxyl groups is 1. The molecule has 78 valence electrons. The average Bonchev–Trinajstić information content (AvgIpc) is 2.63. The van der Waals surface area contributed by atoms with E-state index < -0.39 is 0 Å². The van der Waals surface area contributed by atoms with Gasteiger partial charge in [-0.3, -0.25) is 0 Å². The molecule has 4 nitrogen and oxygen atoms in total. The topological polar surface area (TPSA) is 50.5 Å². The Labute approximate surface area is 85.4 Å². The lowest BCUT2D eigenvalue weighted by molar-refractivity contribution is 0.310. The average molecular weight is 195 g/mol. The third-order valence-corrected chi connectivity index (χ3v) is 1.85. The third kappa shape index (κ3) is 5.09. The van der Waals surface area contributed by atoms with Gasteiger partial charge in [-0.1, -0.05) is 19.9 Å². The summed E-state index contributed by atoms with van der Waals surface area (Å²) in [6.07, 6.45) is 9.32. The van der Waals surface area contributed by atoms with Gasteiger partial charge in [0, 0.05) is 18.9 Å². The molecule has 0 saturated heterocycles. The highest BCUT2D eigenvalue weighted by Gasteiger charge is 2.07. The number of nitriles is 1. The lowest BCUT2D eigenvalue weighted by atomic mass is 10.3. The maximum Gasteiger partial charge on any atom is 0.283 e. The van der Waals surface area contributed by atoms with Crippen LogP contribution >= 0.6 is 0 Å². The van der Waals surface area contributed by atoms with Crippen LogP contribution < -0.4 is 0 Å². The molecule has 1 rings (SSSR count). The molecule has 0 saturated carbocycles. The van der Waals surface area contributed by atoms with Crippen LogP contribution in [0.2, 0.25) is 0 Å². The van der Waals surface area contributed by atoms with Crippen molar-refractivity contribution in [3.63, 3.8) is 0 Å². The Morgan fingerprint density at radius 3 is 2.71 bits per heavy atom. The Kier molecular flexibility index (Phi) is 7.06. The van der Waals surface area contributed by atoms with E-state index in [0.717, 1.165) is 19.5 Å². The number of unbranched alkanes of at least 4 members (excludes halogenated alkanes) is 1. The monoisotopic (exact) mass is 195 g/mol. The summed E-state index contributed by atoms with van der Waals surface area (Å²) < 4.78 is 0. The van der Waals surface area contributed by atoms with Crippen LogP contribution in [0.3, 0.4) is 0 Å². The Morgan fingerprint density at radius 1 is 1.64 bits per heavy atom. The quantitative estimate of drug-likeness (QED) is 0.695. The van der Waals surface area contributed by atoms with Crippen LogP contribution in [0.5, 0.6) is 0 Å². The molecule has 1 N–H and O–H groups in total. The van der Waals surface area contributed by atoms with Crippen molar-refractivity contribution in [1.29, 1.82) is 5.26 Å². The van der Waals surface area contributed by atoms with E-state index in [1.54, 1.807) is 0 Å². The zero-order valence-corrected chi connectivity index (χ0v) is 8.56. The summed E-state index contributed by atoms with van der Waals surface area (Å²) in [6.45, 7) is 8.06. The number of hydrogen-bond acceptors (Lipinski definition) is 4. The van der Waals surface area contributed by atoms with E-state index in [1.807, 2.05) is 6.20 Å². The minimum absolute atomic E-state index is 0.750. The summed E-state index contributed by atoms with van der Waals surface area (Å²) in [5.41, 5.74) is 0. The number of nitrogens with zero attached hydrogens (tertiary/aromatic N) is 3. The lowest BCUT2D eigenvalue weighted by Crippen LogP contribution is -2.22. The highest BCUT2D eigenvalue weighted by atomic mass is 16.2. The number of hydrogen-bond donors (Lipinski definition) is 1. The van der Waals surface area contributed by atoms with Gasteiger partial charge in [0.15, 0.2) is 0 Å². The van der Waals surface area contributed by atoms with Crippen molar-refractivity contribution in [2.24, 2.45) is 0 Å². The van der Waals surface area contributed by atoms with Gasteiger partial charge in [-0.25, -0.2) is 0 Å². The molecule has 0 aliphatic carbocycles. The summed E-state index contributed by atoms with van der Waals surface area (Å²) in [6, 6.07) is 0. The zero-order chi connectivity index (χ0) is 10.8. The first-order valence-corrected chi connectivity index (χ1v) is 4.62. The van der Waals surface area contributed by atoms with Crippen molar-refractivity contribution in [2.45, 2.75) is 19.8 Å². The highest BCUT2D eigenvalue weighted by Crippen LogP contribution is 2.06. The molecule has 1 aliphatic rings. The first-order valence-electron chi connectivity index (χ1n) is 4.62. The van der Waals surface area contributed by atoms with Crippen molar-refractivity contribution in [1.82, 2.24) is 9.80 Å². The van der Waals surface area contributed by atoms with Crippen molar-refractivity contribution >= 4 is 0 Å². The normalized spacial score (nSPS) is 13.1. The van der Waals surface area contributed by atoms with E-state index in [4.69, 9.17) is 10.4 Å². The second-order valence-corrected chi connectivity index (χ2v) is 2.90. The van der Waals surface area contributed by atoms with Crippen molar-refractivity contribution < 1.29 is 5.11 Å². The first kappa shape index (κ1) is 12.4. The molecule has 0 fully saturated rings. The Balaban J connectivity index is 0.000000500. The van der Waals surface area contributed by atoms with Gasteiger partial charge in [-0.15, -0.1) is 0 Å². The summed E-state index contributed by atoms with van der Waals surface area (Å²) in [5, 5.41) is 13.8. The van der Waals surface area contributed by atoms with Gasteiger partial charge in [0.25, 0.3) is 6.26 Å². The van der Waals surface area contributed by atoms with Crippen LogP contribution in [0.4, 0.5) is 0 Å². The molecule has 0 aromatic heterocycles. The van der Waals surface area contributed by atoms with Crippen LogP contribution in [-0.2, 0) is 0 Å². The Morgan fingerprint density at radius 2 is 2.29 bits per heavy atom. The minimum Gasteiger partial charge on any atom is -0.443 e. The standard InChI is InChI=1S/C9H16N2.CHNO/c1-3-5-6-11-8-7-10(4-2)9-11;2-1-3/h4,7-8H,2-3,5-6,9H2,1H3;3H. The van der Waals surface area contributed by atoms with Crippen molar-refractivity contribution in [3.05, 3.63) is 25.2 Å². The Bertz CT molecular complexity index is 220. The Hall–Kier alpha value is -1.63. The second-order valence-electron chi connectivity index (χ2n) is 2.90. The van der Waals surface area contributed by atoms with E-state index in [-0.39, 0.29) is 0 Å². The van der Waals surface area contributed by atoms with E-state index >= 15 is 0 Å². The van der Waals surface area contributed by atoms with Gasteiger partial charge in [-0.05, 0) is 12.6 Å². The van der Waals surface area contributed by atoms with E-state index in [1.165, 1.54) is 12.8 Å². The predicted octanol–water partition coefficient (Wildman–Crippen LogP) is 1.82. The molecule has 0 atom stereocenters. The van der Waals surface area contributed by atoms with Gasteiger partial charge in [0.2, 0.25) is 0 Å². The third-order valence-electron chi connectivity index (χ3n) is 1.85. The molecule has 0 aromatic rings. The number of rotatable bonds is 4. The maximum atomic E-state index is 6.88. The highest BCUT2D eigenvalue weighted by molar-refractivity contribution is 4.94. The smallest absolute Gasteiger partial charge is 0.283 e. The molecule has 0 radical (unpaired) electrons. The molecule has 1 heterocycles. The molecular weight excluding hydrogens is 178 g/mol. The van der Waals surface area contributed by atoms with Crippen molar-refractivity contribution in [3.8, 4) is 6.26 Å². The number of aliphatic hydroxyl groups excluding tert-OH is 1. The van der Waals surface area contributed by atoms with Gasteiger partial charge in [0.1, 0.15) is 0 Å². The summed E-state index contributed by atoms with van der Waals surface area (Å²) in [5.74, 6) is 0. The predicted molar refractivity (Wildman–Crippen MR) is 55.2 cm³/mol. The van der Waals surface area contributed by atoms with Crippen LogP contribution in [0, 0.1) is 11.5 Å². The van der Waals surface area contributed by atoms with Crippen LogP contribution in [0.15, 0.2) is 25.2 Å². The first-order chi connectivity index (χ1) is 6.78. The van der Waals surface area contributed by atoms with Crippen molar-refractivity contribution in [2.75, 3.05) is 13.2 Å². The molecule has 0 spiro atoms. The molecule has 0 unspecified atom stereocenters. The molecule has 0 bridgehead atoms. The summed E-state index contributed by atoms with van der Waals surface area (Å²) >= 11 is 0. The fourth-order valence-electron chi connectivity index (χ4n) is 1.11. The van der Waals surface area contributed by atoms with Crippen LogP contribution in [-0.4, -0.2) is 28.1 Å². The zero-order valence-electron chi connectivity index (χ0n) is 8.56. The molecule has 4 heteroatoms. The van der Waals surface area contributed by atoms with Crippen LogP contribution in [0.1, 0.15) is 19.8 Å².